The van der Waals surface area contributed by atoms with Crippen molar-refractivity contribution in [3.63, 3.8) is 0 Å². The first-order valence-corrected chi connectivity index (χ1v) is 16.9. The van der Waals surface area contributed by atoms with Crippen molar-refractivity contribution in [1.29, 1.82) is 0 Å². The summed E-state index contributed by atoms with van der Waals surface area (Å²) in [6.45, 7) is 21.6. The van der Waals surface area contributed by atoms with Crippen molar-refractivity contribution in [3.8, 4) is 0 Å². The molecule has 216 valence electrons. The van der Waals surface area contributed by atoms with Gasteiger partial charge in [0.15, 0.2) is 0 Å². The molecule has 5 fully saturated rings. The second-order valence-corrected chi connectivity index (χ2v) is 17.0. The van der Waals surface area contributed by atoms with Crippen LogP contribution in [-0.4, -0.2) is 22.3 Å². The zero-order valence-corrected chi connectivity index (χ0v) is 26.1. The molecule has 1 aromatic heterocycles. The molecule has 0 unspecified atom stereocenters. The van der Waals surface area contributed by atoms with Gasteiger partial charge in [0.2, 0.25) is 0 Å². The Hall–Kier alpha value is -1.09. The number of hydrogen-bond acceptors (Lipinski definition) is 2. The van der Waals surface area contributed by atoms with Crippen molar-refractivity contribution in [2.75, 3.05) is 6.54 Å². The van der Waals surface area contributed by atoms with Crippen molar-refractivity contribution in [2.24, 2.45) is 51.8 Å². The minimum absolute atomic E-state index is 0.181. The summed E-state index contributed by atoms with van der Waals surface area (Å²) >= 11 is 0. The average Bonchev–Trinajstić information content (AvgIpc) is 3.63. The molecule has 0 spiro atoms. The highest BCUT2D eigenvalue weighted by atomic mass is 15.1. The highest BCUT2D eigenvalue weighted by Gasteiger charge is 2.70. The summed E-state index contributed by atoms with van der Waals surface area (Å²) in [5.41, 5.74) is 6.15. The number of aromatic amines is 1. The van der Waals surface area contributed by atoms with Gasteiger partial charge in [0.1, 0.15) is 0 Å². The van der Waals surface area contributed by atoms with Crippen LogP contribution in [0.4, 0.5) is 0 Å². The third-order valence-corrected chi connectivity index (χ3v) is 15.4. The fourth-order valence-corrected chi connectivity index (χ4v) is 13.4. The Morgan fingerprint density at radius 1 is 0.923 bits per heavy atom. The minimum Gasteiger partial charge on any atom is -0.311 e. The molecule has 9 atom stereocenters. The van der Waals surface area contributed by atoms with Crippen molar-refractivity contribution >= 4 is 0 Å². The predicted octanol–water partition coefficient (Wildman–Crippen LogP) is 8.61. The van der Waals surface area contributed by atoms with Crippen LogP contribution in [0.15, 0.2) is 18.3 Å². The molecule has 0 bridgehead atoms. The van der Waals surface area contributed by atoms with Gasteiger partial charge in [-0.25, -0.2) is 0 Å². The van der Waals surface area contributed by atoms with E-state index in [1.165, 1.54) is 107 Å². The lowest BCUT2D eigenvalue weighted by molar-refractivity contribution is -0.219. The molecule has 3 heteroatoms. The van der Waals surface area contributed by atoms with Crippen LogP contribution in [-0.2, 0) is 11.8 Å². The lowest BCUT2D eigenvalue weighted by Gasteiger charge is -2.72. The van der Waals surface area contributed by atoms with Crippen LogP contribution < -0.4 is 5.32 Å². The topological polar surface area (TPSA) is 40.7 Å². The van der Waals surface area contributed by atoms with Crippen LogP contribution in [0.5, 0.6) is 0 Å². The molecule has 6 aliphatic rings. The molecular weight excluding hydrogens is 474 g/mol. The fourth-order valence-electron chi connectivity index (χ4n) is 13.4. The molecule has 0 radical (unpaired) electrons. The van der Waals surface area contributed by atoms with Gasteiger partial charge in [-0.1, -0.05) is 59.6 Å². The van der Waals surface area contributed by atoms with Crippen LogP contribution in [0.1, 0.15) is 130 Å². The Labute approximate surface area is 239 Å². The highest BCUT2D eigenvalue weighted by molar-refractivity contribution is 5.34. The number of H-pyrrole nitrogens is 1. The number of allylic oxidation sites excluding steroid dienone is 1. The average molecular weight is 532 g/mol. The van der Waals surface area contributed by atoms with E-state index < -0.39 is 0 Å². The van der Waals surface area contributed by atoms with Crippen molar-refractivity contribution in [2.45, 2.75) is 136 Å². The van der Waals surface area contributed by atoms with Gasteiger partial charge in [-0.15, -0.1) is 0 Å². The van der Waals surface area contributed by atoms with Crippen LogP contribution in [0.25, 0.3) is 0 Å². The van der Waals surface area contributed by atoms with E-state index in [-0.39, 0.29) is 5.41 Å². The summed E-state index contributed by atoms with van der Waals surface area (Å²) in [7, 11) is 0. The molecule has 0 saturated heterocycles. The van der Waals surface area contributed by atoms with Crippen LogP contribution in [0.3, 0.4) is 0 Å². The number of fused-ring (bicyclic) bond motifs is 8. The standard InChI is InChI=1S/C36H57N3/c1-23(2)26-14-17-36(37-21-24-10-8-9-11-24)19-18-34(6)27(30(26)36)12-13-29-33(5)20-25-22-38-39-31(25)32(3,4)28(33)15-16-35(29,34)7/h22,24,26-30,37H,1,8-21H2,2-7H3,(H,38,39)/t26-,27+,28-,29+,30+,33-,34+,35+,36-/m0/s1. The van der Waals surface area contributed by atoms with Crippen LogP contribution >= 0.6 is 0 Å². The Morgan fingerprint density at radius 2 is 1.69 bits per heavy atom. The van der Waals surface area contributed by atoms with Gasteiger partial charge < -0.3 is 5.32 Å². The van der Waals surface area contributed by atoms with E-state index in [4.69, 9.17) is 0 Å². The third-order valence-electron chi connectivity index (χ3n) is 15.4. The van der Waals surface area contributed by atoms with E-state index in [1.54, 1.807) is 0 Å². The largest absolute Gasteiger partial charge is 0.311 e. The maximum atomic E-state index is 4.62. The van der Waals surface area contributed by atoms with Gasteiger partial charge in [-0.2, -0.15) is 5.10 Å². The minimum atomic E-state index is 0.181. The van der Waals surface area contributed by atoms with Gasteiger partial charge in [0.25, 0.3) is 0 Å². The lowest BCUT2D eigenvalue weighted by atomic mass is 9.33. The smallest absolute Gasteiger partial charge is 0.0522 e. The zero-order chi connectivity index (χ0) is 27.4. The van der Waals surface area contributed by atoms with Crippen LogP contribution in [0, 0.1) is 51.8 Å². The Kier molecular flexibility index (Phi) is 5.98. The van der Waals surface area contributed by atoms with Gasteiger partial charge in [0, 0.05) is 16.6 Å². The summed E-state index contributed by atoms with van der Waals surface area (Å²) in [5, 5.41) is 12.4. The lowest BCUT2D eigenvalue weighted by Crippen LogP contribution is -2.68. The Bertz CT molecular complexity index is 1130. The molecule has 1 aromatic rings. The number of nitrogens with zero attached hydrogens (tertiary/aromatic N) is 1. The SMILES string of the molecule is C=C(C)[C@@H]1CC[C@]2(NCC3CCCC3)CC[C@]3(C)[C@H](CC[C@@H]4[C@@]5(C)Cc6cn[nH]c6C(C)(C)[C@@H]5CC[C@]43C)[C@@H]12. The number of hydrogen-bond donors (Lipinski definition) is 2. The quantitative estimate of drug-likeness (QED) is 0.382. The van der Waals surface area contributed by atoms with E-state index >= 15 is 0 Å². The van der Waals surface area contributed by atoms with Crippen molar-refractivity contribution < 1.29 is 0 Å². The second kappa shape index (κ2) is 8.71. The summed E-state index contributed by atoms with van der Waals surface area (Å²) in [6.07, 6.45) is 20.4. The molecule has 7 rings (SSSR count). The highest BCUT2D eigenvalue weighted by Crippen LogP contribution is 2.76. The first kappa shape index (κ1) is 26.8. The molecule has 0 aliphatic heterocycles. The van der Waals surface area contributed by atoms with Crippen LogP contribution in [0.2, 0.25) is 0 Å². The van der Waals surface area contributed by atoms with E-state index in [1.807, 2.05) is 0 Å². The summed E-state index contributed by atoms with van der Waals surface area (Å²) in [4.78, 5) is 0. The molecule has 6 aliphatic carbocycles. The Morgan fingerprint density at radius 3 is 2.44 bits per heavy atom. The zero-order valence-electron chi connectivity index (χ0n) is 26.1. The molecule has 1 heterocycles. The molecule has 3 nitrogen and oxygen atoms in total. The summed E-state index contributed by atoms with van der Waals surface area (Å²) in [5.74, 6) is 4.77. The number of nitrogens with one attached hydrogen (secondary N) is 2. The van der Waals surface area contributed by atoms with E-state index in [0.29, 0.717) is 27.7 Å². The molecular formula is C36H57N3. The van der Waals surface area contributed by atoms with E-state index in [9.17, 15) is 0 Å². The maximum absolute atomic E-state index is 4.62. The molecule has 5 saturated carbocycles. The summed E-state index contributed by atoms with van der Waals surface area (Å²) < 4.78 is 0. The van der Waals surface area contributed by atoms with E-state index in [2.05, 4.69) is 69.8 Å². The first-order chi connectivity index (χ1) is 18.5. The molecule has 0 amide bonds. The summed E-state index contributed by atoms with van der Waals surface area (Å²) in [6, 6.07) is 0. The molecule has 39 heavy (non-hydrogen) atoms. The van der Waals surface area contributed by atoms with Gasteiger partial charge in [0.05, 0.1) is 6.20 Å². The molecule has 0 aromatic carbocycles. The Balaban J connectivity index is 1.24. The molecule has 2 N–H and O–H groups in total. The van der Waals surface area contributed by atoms with Gasteiger partial charge in [-0.05, 0) is 141 Å². The third kappa shape index (κ3) is 3.47. The maximum Gasteiger partial charge on any atom is 0.0522 e. The fraction of sp³-hybridized carbons (Fsp3) is 0.861. The normalized spacial score (nSPS) is 48.5. The second-order valence-electron chi connectivity index (χ2n) is 17.0. The number of aromatic nitrogens is 2. The first-order valence-electron chi connectivity index (χ1n) is 16.9. The van der Waals surface area contributed by atoms with Gasteiger partial charge >= 0.3 is 0 Å². The van der Waals surface area contributed by atoms with E-state index in [0.717, 1.165) is 29.6 Å². The van der Waals surface area contributed by atoms with Gasteiger partial charge in [-0.3, -0.25) is 5.10 Å². The number of rotatable bonds is 4. The van der Waals surface area contributed by atoms with Crippen molar-refractivity contribution in [1.82, 2.24) is 15.5 Å². The van der Waals surface area contributed by atoms with Crippen molar-refractivity contribution in [3.05, 3.63) is 29.6 Å². The predicted molar refractivity (Wildman–Crippen MR) is 162 cm³/mol. The monoisotopic (exact) mass is 531 g/mol.